The number of benzene rings is 1. The Bertz CT molecular complexity index is 866. The molecule has 108 valence electrons. The SMILES string of the molecule is CCCc1nn(C)c2c(=O)[nH]c(-c3cccc(Br)c3)nc12. The zero-order chi connectivity index (χ0) is 15.0. The molecule has 2 heterocycles. The summed E-state index contributed by atoms with van der Waals surface area (Å²) >= 11 is 3.43. The Morgan fingerprint density at radius 2 is 2.19 bits per heavy atom. The molecule has 3 aromatic rings. The number of aromatic amines is 1. The van der Waals surface area contributed by atoms with Gasteiger partial charge in [0.15, 0.2) is 5.52 Å². The van der Waals surface area contributed by atoms with Crippen LogP contribution in [-0.2, 0) is 13.5 Å². The average Bonchev–Trinajstić information content (AvgIpc) is 2.76. The molecule has 21 heavy (non-hydrogen) atoms. The molecule has 5 nitrogen and oxygen atoms in total. The molecule has 0 aliphatic carbocycles. The van der Waals surface area contributed by atoms with Crippen LogP contribution in [0.5, 0.6) is 0 Å². The molecule has 1 aromatic carbocycles. The normalized spacial score (nSPS) is 11.2. The number of aryl methyl sites for hydroxylation is 2. The van der Waals surface area contributed by atoms with Crippen molar-refractivity contribution in [2.75, 3.05) is 0 Å². The van der Waals surface area contributed by atoms with E-state index < -0.39 is 0 Å². The number of hydrogen-bond donors (Lipinski definition) is 1. The number of nitrogens with zero attached hydrogens (tertiary/aromatic N) is 3. The minimum Gasteiger partial charge on any atom is -0.305 e. The molecule has 1 N–H and O–H groups in total. The number of H-pyrrole nitrogens is 1. The van der Waals surface area contributed by atoms with Crippen molar-refractivity contribution in [1.29, 1.82) is 0 Å². The van der Waals surface area contributed by atoms with E-state index in [-0.39, 0.29) is 5.56 Å². The Labute approximate surface area is 130 Å². The molecule has 0 aliphatic rings. The molecule has 0 radical (unpaired) electrons. The summed E-state index contributed by atoms with van der Waals surface area (Å²) in [5.74, 6) is 0.569. The van der Waals surface area contributed by atoms with Gasteiger partial charge in [0.2, 0.25) is 0 Å². The molecule has 0 amide bonds. The van der Waals surface area contributed by atoms with E-state index in [2.05, 4.69) is 37.9 Å². The number of hydrogen-bond acceptors (Lipinski definition) is 3. The summed E-state index contributed by atoms with van der Waals surface area (Å²) in [7, 11) is 1.77. The van der Waals surface area contributed by atoms with Crippen molar-refractivity contribution >= 4 is 27.0 Å². The lowest BCUT2D eigenvalue weighted by Crippen LogP contribution is -2.12. The molecule has 0 saturated heterocycles. The van der Waals surface area contributed by atoms with E-state index >= 15 is 0 Å². The van der Waals surface area contributed by atoms with E-state index in [0.29, 0.717) is 16.9 Å². The summed E-state index contributed by atoms with van der Waals surface area (Å²) < 4.78 is 2.55. The van der Waals surface area contributed by atoms with Crippen LogP contribution in [0.1, 0.15) is 19.0 Å². The lowest BCUT2D eigenvalue weighted by atomic mass is 10.2. The average molecular weight is 347 g/mol. The fraction of sp³-hybridized carbons (Fsp3) is 0.267. The maximum absolute atomic E-state index is 12.3. The summed E-state index contributed by atoms with van der Waals surface area (Å²) in [4.78, 5) is 19.8. The first-order valence-electron chi connectivity index (χ1n) is 6.82. The van der Waals surface area contributed by atoms with Gasteiger partial charge < -0.3 is 4.98 Å². The fourth-order valence-corrected chi connectivity index (χ4v) is 2.82. The second-order valence-corrected chi connectivity index (χ2v) is 5.86. The van der Waals surface area contributed by atoms with Crippen LogP contribution in [-0.4, -0.2) is 19.7 Å². The van der Waals surface area contributed by atoms with Gasteiger partial charge >= 0.3 is 0 Å². The van der Waals surface area contributed by atoms with Crippen LogP contribution in [0.2, 0.25) is 0 Å². The maximum atomic E-state index is 12.3. The van der Waals surface area contributed by atoms with Gasteiger partial charge in [-0.25, -0.2) is 4.98 Å². The van der Waals surface area contributed by atoms with Crippen molar-refractivity contribution in [3.8, 4) is 11.4 Å². The fourth-order valence-electron chi connectivity index (χ4n) is 2.42. The summed E-state index contributed by atoms with van der Waals surface area (Å²) in [6.07, 6.45) is 1.78. The lowest BCUT2D eigenvalue weighted by molar-refractivity contribution is 0.751. The molecular weight excluding hydrogens is 332 g/mol. The highest BCUT2D eigenvalue weighted by atomic mass is 79.9. The van der Waals surface area contributed by atoms with Crippen LogP contribution in [0.3, 0.4) is 0 Å². The number of halogens is 1. The molecule has 0 fully saturated rings. The van der Waals surface area contributed by atoms with Crippen molar-refractivity contribution < 1.29 is 0 Å². The molecular formula is C15H15BrN4O. The zero-order valence-electron chi connectivity index (χ0n) is 11.9. The van der Waals surface area contributed by atoms with E-state index in [1.54, 1.807) is 11.7 Å². The third kappa shape index (κ3) is 2.51. The van der Waals surface area contributed by atoms with Crippen molar-refractivity contribution in [1.82, 2.24) is 19.7 Å². The topological polar surface area (TPSA) is 63.6 Å². The summed E-state index contributed by atoms with van der Waals surface area (Å²) in [5, 5.41) is 4.42. The van der Waals surface area contributed by atoms with Crippen molar-refractivity contribution in [3.05, 3.63) is 44.8 Å². The first-order valence-corrected chi connectivity index (χ1v) is 7.61. The van der Waals surface area contributed by atoms with Crippen molar-refractivity contribution in [3.63, 3.8) is 0 Å². The molecule has 2 aromatic heterocycles. The molecule has 0 atom stereocenters. The number of fused-ring (bicyclic) bond motifs is 1. The second kappa shape index (κ2) is 5.44. The number of aromatic nitrogens is 4. The minimum absolute atomic E-state index is 0.160. The highest BCUT2D eigenvalue weighted by Crippen LogP contribution is 2.21. The van der Waals surface area contributed by atoms with Crippen LogP contribution in [0.15, 0.2) is 33.5 Å². The monoisotopic (exact) mass is 346 g/mol. The summed E-state index contributed by atoms with van der Waals surface area (Å²) in [6.45, 7) is 2.09. The quantitative estimate of drug-likeness (QED) is 0.792. The van der Waals surface area contributed by atoms with Gasteiger partial charge in [-0.15, -0.1) is 0 Å². The Kier molecular flexibility index (Phi) is 3.63. The van der Waals surface area contributed by atoms with Gasteiger partial charge in [-0.2, -0.15) is 5.10 Å². The highest BCUT2D eigenvalue weighted by molar-refractivity contribution is 9.10. The van der Waals surface area contributed by atoms with Crippen molar-refractivity contribution in [2.45, 2.75) is 19.8 Å². The van der Waals surface area contributed by atoms with Crippen molar-refractivity contribution in [2.24, 2.45) is 7.05 Å². The van der Waals surface area contributed by atoms with Crippen LogP contribution in [0.4, 0.5) is 0 Å². The first-order chi connectivity index (χ1) is 10.1. The smallest absolute Gasteiger partial charge is 0.277 e. The van der Waals surface area contributed by atoms with E-state index in [9.17, 15) is 4.79 Å². The predicted octanol–water partition coefficient (Wildman–Crippen LogP) is 3.04. The molecule has 0 saturated carbocycles. The third-order valence-electron chi connectivity index (χ3n) is 3.35. The molecule has 0 spiro atoms. The number of rotatable bonds is 3. The standard InChI is InChI=1S/C15H15BrN4O/c1-3-5-11-12-13(20(2)19-11)15(21)18-14(17-12)9-6-4-7-10(16)8-9/h4,6-8H,3,5H2,1-2H3,(H,17,18,21). The minimum atomic E-state index is -0.160. The van der Waals surface area contributed by atoms with Gasteiger partial charge in [0.05, 0.1) is 5.69 Å². The van der Waals surface area contributed by atoms with Gasteiger partial charge in [-0.1, -0.05) is 41.4 Å². The Balaban J connectivity index is 2.27. The van der Waals surface area contributed by atoms with E-state index in [4.69, 9.17) is 0 Å². The molecule has 0 unspecified atom stereocenters. The highest BCUT2D eigenvalue weighted by Gasteiger charge is 2.15. The first kappa shape index (κ1) is 14.0. The number of nitrogens with one attached hydrogen (secondary N) is 1. The van der Waals surface area contributed by atoms with E-state index in [1.165, 1.54) is 0 Å². The Morgan fingerprint density at radius 1 is 1.38 bits per heavy atom. The second-order valence-electron chi connectivity index (χ2n) is 4.94. The van der Waals surface area contributed by atoms with Gasteiger partial charge in [0, 0.05) is 17.1 Å². The lowest BCUT2D eigenvalue weighted by Gasteiger charge is -2.02. The molecule has 6 heteroatoms. The predicted molar refractivity (Wildman–Crippen MR) is 86.3 cm³/mol. The Hall–Kier alpha value is -1.95. The molecule has 0 bridgehead atoms. The van der Waals surface area contributed by atoms with Gasteiger partial charge in [0.1, 0.15) is 11.3 Å². The van der Waals surface area contributed by atoms with Gasteiger partial charge in [-0.3, -0.25) is 9.48 Å². The molecule has 3 rings (SSSR count). The van der Waals surface area contributed by atoms with Crippen LogP contribution < -0.4 is 5.56 Å². The third-order valence-corrected chi connectivity index (χ3v) is 3.84. The maximum Gasteiger partial charge on any atom is 0.277 e. The van der Waals surface area contributed by atoms with Crippen LogP contribution in [0.25, 0.3) is 22.4 Å². The van der Waals surface area contributed by atoms with Crippen LogP contribution in [0, 0.1) is 0 Å². The largest absolute Gasteiger partial charge is 0.305 e. The van der Waals surface area contributed by atoms with E-state index in [0.717, 1.165) is 28.6 Å². The summed E-state index contributed by atoms with van der Waals surface area (Å²) in [6, 6.07) is 7.71. The summed E-state index contributed by atoms with van der Waals surface area (Å²) in [5.41, 5.74) is 2.80. The van der Waals surface area contributed by atoms with E-state index in [1.807, 2.05) is 24.3 Å². The van der Waals surface area contributed by atoms with Gasteiger partial charge in [0.25, 0.3) is 5.56 Å². The van der Waals surface area contributed by atoms with Gasteiger partial charge in [-0.05, 0) is 18.6 Å². The molecule has 0 aliphatic heterocycles. The Morgan fingerprint density at radius 3 is 2.90 bits per heavy atom. The van der Waals surface area contributed by atoms with Crippen LogP contribution >= 0.6 is 15.9 Å². The zero-order valence-corrected chi connectivity index (χ0v) is 13.4.